The highest BCUT2D eigenvalue weighted by Gasteiger charge is 2.31. The summed E-state index contributed by atoms with van der Waals surface area (Å²) in [5.41, 5.74) is 0.266. The number of carbonyl (C=O) groups excluding carboxylic acids is 1. The summed E-state index contributed by atoms with van der Waals surface area (Å²) in [6.07, 6.45) is -1.58. The summed E-state index contributed by atoms with van der Waals surface area (Å²) in [5.74, 6) is 0.736. The van der Waals surface area contributed by atoms with E-state index in [1.54, 1.807) is 24.3 Å². The van der Waals surface area contributed by atoms with Gasteiger partial charge in [0.1, 0.15) is 0 Å². The zero-order chi connectivity index (χ0) is 23.2. The summed E-state index contributed by atoms with van der Waals surface area (Å²) >= 11 is 0. The van der Waals surface area contributed by atoms with E-state index < -0.39 is 23.7 Å². The molecule has 0 aliphatic heterocycles. The fourth-order valence-electron chi connectivity index (χ4n) is 3.11. The van der Waals surface area contributed by atoms with Gasteiger partial charge in [-0.25, -0.2) is 0 Å². The minimum atomic E-state index is -4.45. The van der Waals surface area contributed by atoms with E-state index in [-0.39, 0.29) is 5.92 Å². The number of rotatable bonds is 8. The van der Waals surface area contributed by atoms with Crippen LogP contribution in [0.3, 0.4) is 0 Å². The fourth-order valence-corrected chi connectivity index (χ4v) is 3.11. The van der Waals surface area contributed by atoms with Crippen LogP contribution in [0.25, 0.3) is 6.08 Å². The Balaban J connectivity index is 2.24. The highest BCUT2D eigenvalue weighted by molar-refractivity contribution is 5.92. The molecule has 0 radical (unpaired) electrons. The van der Waals surface area contributed by atoms with Gasteiger partial charge >= 0.3 is 6.18 Å². The summed E-state index contributed by atoms with van der Waals surface area (Å²) in [5, 5.41) is 2.78. The van der Waals surface area contributed by atoms with E-state index in [0.717, 1.165) is 12.1 Å². The lowest BCUT2D eigenvalue weighted by atomic mass is 9.94. The molecule has 168 valence electrons. The van der Waals surface area contributed by atoms with Crippen LogP contribution in [0, 0.1) is 5.92 Å². The van der Waals surface area contributed by atoms with Crippen LogP contribution in [0.5, 0.6) is 17.2 Å². The summed E-state index contributed by atoms with van der Waals surface area (Å²) in [6, 6.07) is 7.75. The molecule has 0 fully saturated rings. The quantitative estimate of drug-likeness (QED) is 0.573. The molecule has 0 heterocycles. The molecule has 2 aromatic rings. The van der Waals surface area contributed by atoms with Crippen molar-refractivity contribution in [1.29, 1.82) is 0 Å². The first-order chi connectivity index (χ1) is 14.6. The fraction of sp³-hybridized carbons (Fsp3) is 0.348. The first-order valence-electron chi connectivity index (χ1n) is 9.56. The summed E-state index contributed by atoms with van der Waals surface area (Å²) < 4.78 is 55.0. The third kappa shape index (κ3) is 6.16. The molecule has 0 bridgehead atoms. The van der Waals surface area contributed by atoms with Crippen LogP contribution in [0.2, 0.25) is 0 Å². The second-order valence-electron chi connectivity index (χ2n) is 7.15. The number of ether oxygens (including phenoxy) is 3. The highest BCUT2D eigenvalue weighted by atomic mass is 19.4. The van der Waals surface area contributed by atoms with Gasteiger partial charge in [-0.2, -0.15) is 13.2 Å². The minimum Gasteiger partial charge on any atom is -0.493 e. The summed E-state index contributed by atoms with van der Waals surface area (Å²) in [7, 11) is 4.46. The number of hydrogen-bond acceptors (Lipinski definition) is 4. The topological polar surface area (TPSA) is 56.8 Å². The van der Waals surface area contributed by atoms with Crippen LogP contribution >= 0.6 is 0 Å². The Morgan fingerprint density at radius 3 is 2.10 bits per heavy atom. The van der Waals surface area contributed by atoms with E-state index >= 15 is 0 Å². The lowest BCUT2D eigenvalue weighted by Crippen LogP contribution is -2.30. The number of benzene rings is 2. The predicted molar refractivity (Wildman–Crippen MR) is 112 cm³/mol. The molecule has 31 heavy (non-hydrogen) atoms. The zero-order valence-electron chi connectivity index (χ0n) is 18.0. The molecular formula is C23H26F3NO4. The zero-order valence-corrected chi connectivity index (χ0v) is 18.0. The van der Waals surface area contributed by atoms with Gasteiger partial charge in [0.15, 0.2) is 11.5 Å². The second-order valence-corrected chi connectivity index (χ2v) is 7.15. The average molecular weight is 437 g/mol. The van der Waals surface area contributed by atoms with Gasteiger partial charge in [-0.05, 0) is 47.4 Å². The van der Waals surface area contributed by atoms with Gasteiger partial charge in [-0.3, -0.25) is 4.79 Å². The Bertz CT molecular complexity index is 914. The largest absolute Gasteiger partial charge is 0.493 e. The summed E-state index contributed by atoms with van der Waals surface area (Å²) in [6.45, 7) is 3.66. The third-order valence-electron chi connectivity index (χ3n) is 4.65. The molecule has 0 spiro atoms. The number of halogens is 3. The van der Waals surface area contributed by atoms with Gasteiger partial charge in [0.25, 0.3) is 0 Å². The molecule has 1 unspecified atom stereocenters. The van der Waals surface area contributed by atoms with Gasteiger partial charge in [0, 0.05) is 6.08 Å². The van der Waals surface area contributed by atoms with Crippen LogP contribution in [0.1, 0.15) is 36.6 Å². The maximum absolute atomic E-state index is 13.1. The Hall–Kier alpha value is -3.16. The highest BCUT2D eigenvalue weighted by Crippen LogP contribution is 2.38. The van der Waals surface area contributed by atoms with Crippen molar-refractivity contribution in [3.63, 3.8) is 0 Å². The van der Waals surface area contributed by atoms with Crippen LogP contribution < -0.4 is 19.5 Å². The van der Waals surface area contributed by atoms with Crippen molar-refractivity contribution in [2.75, 3.05) is 21.3 Å². The van der Waals surface area contributed by atoms with Gasteiger partial charge < -0.3 is 19.5 Å². The number of carbonyl (C=O) groups is 1. The molecule has 2 aromatic carbocycles. The van der Waals surface area contributed by atoms with E-state index in [9.17, 15) is 18.0 Å². The normalized spacial score (nSPS) is 12.7. The van der Waals surface area contributed by atoms with Crippen molar-refractivity contribution < 1.29 is 32.2 Å². The van der Waals surface area contributed by atoms with Crippen molar-refractivity contribution in [3.05, 3.63) is 59.2 Å². The SMILES string of the molecule is COc1cc(/C=C/C(=O)NC(c2cccc(C(F)(F)F)c2)C(C)C)cc(OC)c1OC. The van der Waals surface area contributed by atoms with Crippen molar-refractivity contribution in [2.45, 2.75) is 26.1 Å². The van der Waals surface area contributed by atoms with Gasteiger partial charge in [0.2, 0.25) is 11.7 Å². The molecule has 0 saturated carbocycles. The third-order valence-corrected chi connectivity index (χ3v) is 4.65. The maximum Gasteiger partial charge on any atom is 0.416 e. The monoisotopic (exact) mass is 437 g/mol. The van der Waals surface area contributed by atoms with Gasteiger partial charge in [-0.15, -0.1) is 0 Å². The smallest absolute Gasteiger partial charge is 0.416 e. The van der Waals surface area contributed by atoms with E-state index in [2.05, 4.69) is 5.32 Å². The molecule has 2 rings (SSSR count). The molecule has 0 saturated heterocycles. The van der Waals surface area contributed by atoms with Crippen LogP contribution in [0.4, 0.5) is 13.2 Å². The lowest BCUT2D eigenvalue weighted by molar-refractivity contribution is -0.137. The predicted octanol–water partition coefficient (Wildman–Crippen LogP) is 5.26. The molecule has 0 aromatic heterocycles. The summed E-state index contributed by atoms with van der Waals surface area (Å²) in [4.78, 5) is 12.5. The van der Waals surface area contributed by atoms with Crippen LogP contribution in [0.15, 0.2) is 42.5 Å². The van der Waals surface area contributed by atoms with Crippen molar-refractivity contribution in [1.82, 2.24) is 5.32 Å². The van der Waals surface area contributed by atoms with E-state index in [1.165, 1.54) is 33.5 Å². The standard InChI is InChI=1S/C23H26F3NO4/c1-14(2)21(16-7-6-8-17(13-16)23(24,25)26)27-20(28)10-9-15-11-18(29-3)22(31-5)19(12-15)30-4/h6-14,21H,1-5H3,(H,27,28)/b10-9+. The second kappa shape index (κ2) is 10.2. The first-order valence-corrected chi connectivity index (χ1v) is 9.56. The Kier molecular flexibility index (Phi) is 7.96. The van der Waals surface area contributed by atoms with Crippen LogP contribution in [-0.2, 0) is 11.0 Å². The number of alkyl halides is 3. The van der Waals surface area contributed by atoms with Crippen molar-refractivity contribution in [2.24, 2.45) is 5.92 Å². The first kappa shape index (κ1) is 24.1. The lowest BCUT2D eigenvalue weighted by Gasteiger charge is -2.23. The number of methoxy groups -OCH3 is 3. The maximum atomic E-state index is 13.1. The molecule has 1 N–H and O–H groups in total. The number of hydrogen-bond donors (Lipinski definition) is 1. The Morgan fingerprint density at radius 2 is 1.61 bits per heavy atom. The van der Waals surface area contributed by atoms with Crippen molar-refractivity contribution >= 4 is 12.0 Å². The molecular weight excluding hydrogens is 411 g/mol. The number of nitrogens with one attached hydrogen (secondary N) is 1. The Morgan fingerprint density at radius 1 is 1.00 bits per heavy atom. The molecule has 8 heteroatoms. The van der Waals surface area contributed by atoms with E-state index in [1.807, 2.05) is 13.8 Å². The minimum absolute atomic E-state index is 0.123. The molecule has 0 aliphatic carbocycles. The molecule has 5 nitrogen and oxygen atoms in total. The Labute approximate surface area is 179 Å². The van der Waals surface area contributed by atoms with Crippen molar-refractivity contribution in [3.8, 4) is 17.2 Å². The van der Waals surface area contributed by atoms with E-state index in [0.29, 0.717) is 28.4 Å². The van der Waals surface area contributed by atoms with Gasteiger partial charge in [0.05, 0.1) is 32.9 Å². The van der Waals surface area contributed by atoms with Crippen LogP contribution in [-0.4, -0.2) is 27.2 Å². The number of amides is 1. The molecule has 0 aliphatic rings. The average Bonchev–Trinajstić information content (AvgIpc) is 2.74. The molecule has 1 atom stereocenters. The van der Waals surface area contributed by atoms with Gasteiger partial charge in [-0.1, -0.05) is 26.0 Å². The molecule has 1 amide bonds. The van der Waals surface area contributed by atoms with E-state index in [4.69, 9.17) is 14.2 Å².